The second-order valence-electron chi connectivity index (χ2n) is 6.45. The summed E-state index contributed by atoms with van der Waals surface area (Å²) in [5.41, 5.74) is 2.26. The minimum Gasteiger partial charge on any atom is -0.490 e. The molecule has 0 amide bonds. The molecule has 0 unspecified atom stereocenters. The van der Waals surface area contributed by atoms with E-state index in [-0.39, 0.29) is 12.4 Å². The van der Waals surface area contributed by atoms with Crippen molar-refractivity contribution >= 4 is 12.4 Å². The Balaban J connectivity index is 0.00000392. The predicted molar refractivity (Wildman–Crippen MR) is 118 cm³/mol. The van der Waals surface area contributed by atoms with Gasteiger partial charge in [0.25, 0.3) is 0 Å². The smallest absolute Gasteiger partial charge is 0.166 e. The van der Waals surface area contributed by atoms with Crippen LogP contribution in [-0.4, -0.2) is 26.4 Å². The number of benzene rings is 2. The van der Waals surface area contributed by atoms with Gasteiger partial charge < -0.3 is 19.5 Å². The van der Waals surface area contributed by atoms with Gasteiger partial charge in [-0.2, -0.15) is 0 Å². The lowest BCUT2D eigenvalue weighted by molar-refractivity contribution is 0.128. The maximum absolute atomic E-state index is 6.14. The van der Waals surface area contributed by atoms with Crippen molar-refractivity contribution in [3.63, 3.8) is 0 Å². The summed E-state index contributed by atoms with van der Waals surface area (Å²) in [7, 11) is 0. The first-order valence-corrected chi connectivity index (χ1v) is 10.0. The molecular weight excluding hydrogens is 374 g/mol. The molecule has 0 radical (unpaired) electrons. The fourth-order valence-corrected chi connectivity index (χ4v) is 2.73. The molecule has 0 saturated carbocycles. The zero-order chi connectivity index (χ0) is 19.2. The van der Waals surface area contributed by atoms with Gasteiger partial charge in [-0.25, -0.2) is 0 Å². The summed E-state index contributed by atoms with van der Waals surface area (Å²) >= 11 is 0. The van der Waals surface area contributed by atoms with E-state index in [4.69, 9.17) is 14.2 Å². The molecule has 2 aromatic carbocycles. The summed E-state index contributed by atoms with van der Waals surface area (Å²) in [6.07, 6.45) is 3.33. The van der Waals surface area contributed by atoms with Crippen molar-refractivity contribution in [1.29, 1.82) is 0 Å². The number of para-hydroxylation sites is 1. The molecule has 0 bridgehead atoms. The summed E-state index contributed by atoms with van der Waals surface area (Å²) < 4.78 is 17.5. The third-order valence-corrected chi connectivity index (χ3v) is 4.19. The van der Waals surface area contributed by atoms with Gasteiger partial charge in [0.05, 0.1) is 6.61 Å². The van der Waals surface area contributed by atoms with E-state index in [9.17, 15) is 0 Å². The Morgan fingerprint density at radius 2 is 1.64 bits per heavy atom. The van der Waals surface area contributed by atoms with E-state index in [1.165, 1.54) is 6.42 Å². The first-order valence-electron chi connectivity index (χ1n) is 10.0. The number of unbranched alkanes of at least 4 members (excludes halogenated alkanes) is 1. The topological polar surface area (TPSA) is 39.7 Å². The molecule has 0 aliphatic rings. The molecular formula is C23H34ClNO3. The summed E-state index contributed by atoms with van der Waals surface area (Å²) in [5, 5.41) is 3.48. The van der Waals surface area contributed by atoms with Crippen LogP contribution in [0.5, 0.6) is 11.5 Å². The van der Waals surface area contributed by atoms with Crippen LogP contribution in [0.2, 0.25) is 0 Å². The molecule has 5 heteroatoms. The van der Waals surface area contributed by atoms with Crippen molar-refractivity contribution < 1.29 is 14.2 Å². The highest BCUT2D eigenvalue weighted by atomic mass is 35.5. The van der Waals surface area contributed by atoms with Gasteiger partial charge in [0, 0.05) is 25.3 Å². The van der Waals surface area contributed by atoms with E-state index in [2.05, 4.69) is 30.4 Å². The van der Waals surface area contributed by atoms with Crippen LogP contribution in [-0.2, 0) is 17.9 Å². The fourth-order valence-electron chi connectivity index (χ4n) is 2.73. The minimum atomic E-state index is 0. The number of hydrogen-bond acceptors (Lipinski definition) is 4. The lowest BCUT2D eigenvalue weighted by Gasteiger charge is -2.16. The van der Waals surface area contributed by atoms with Crippen molar-refractivity contribution in [1.82, 2.24) is 5.32 Å². The lowest BCUT2D eigenvalue weighted by Crippen LogP contribution is -2.17. The van der Waals surface area contributed by atoms with Gasteiger partial charge in [-0.05, 0) is 37.9 Å². The SMILES string of the molecule is CCCCOCCCNCc1cccc(OCC)c1OCc1ccccc1.Cl. The molecule has 0 spiro atoms. The van der Waals surface area contributed by atoms with Gasteiger partial charge in [0.15, 0.2) is 11.5 Å². The molecule has 0 fully saturated rings. The van der Waals surface area contributed by atoms with Crippen LogP contribution >= 0.6 is 12.4 Å². The third-order valence-electron chi connectivity index (χ3n) is 4.19. The standard InChI is InChI=1S/C23H33NO3.ClH/c1-3-5-16-25-17-10-15-24-18-21-13-9-14-22(26-4-2)23(21)27-19-20-11-7-6-8-12-20;/h6-9,11-14,24H,3-5,10,15-19H2,1-2H3;1H. The molecule has 0 aliphatic carbocycles. The quantitative estimate of drug-likeness (QED) is 0.426. The Kier molecular flexibility index (Phi) is 13.2. The minimum absolute atomic E-state index is 0. The van der Waals surface area contributed by atoms with Crippen molar-refractivity contribution in [2.75, 3.05) is 26.4 Å². The molecule has 0 heterocycles. The number of rotatable bonds is 14. The van der Waals surface area contributed by atoms with Gasteiger partial charge in [0.2, 0.25) is 0 Å². The molecule has 2 aromatic rings. The van der Waals surface area contributed by atoms with Crippen molar-refractivity contribution in [3.8, 4) is 11.5 Å². The van der Waals surface area contributed by atoms with Crippen molar-refractivity contribution in [2.24, 2.45) is 0 Å². The van der Waals surface area contributed by atoms with Gasteiger partial charge in [-0.15, -0.1) is 12.4 Å². The van der Waals surface area contributed by atoms with E-state index in [0.29, 0.717) is 13.2 Å². The van der Waals surface area contributed by atoms with Crippen LogP contribution in [0, 0.1) is 0 Å². The monoisotopic (exact) mass is 407 g/mol. The molecule has 28 heavy (non-hydrogen) atoms. The van der Waals surface area contributed by atoms with Gasteiger partial charge >= 0.3 is 0 Å². The molecule has 156 valence electrons. The second-order valence-corrected chi connectivity index (χ2v) is 6.45. The van der Waals surface area contributed by atoms with E-state index >= 15 is 0 Å². The predicted octanol–water partition coefficient (Wildman–Crippen LogP) is 5.38. The Bertz CT molecular complexity index is 637. The molecule has 0 aliphatic heterocycles. The van der Waals surface area contributed by atoms with E-state index in [1.807, 2.05) is 37.3 Å². The summed E-state index contributed by atoms with van der Waals surface area (Å²) in [4.78, 5) is 0. The summed E-state index contributed by atoms with van der Waals surface area (Å²) in [6, 6.07) is 16.3. The zero-order valence-electron chi connectivity index (χ0n) is 17.1. The van der Waals surface area contributed by atoms with Crippen LogP contribution in [0.1, 0.15) is 44.2 Å². The summed E-state index contributed by atoms with van der Waals surface area (Å²) in [5.74, 6) is 1.63. The third kappa shape index (κ3) is 8.96. The summed E-state index contributed by atoms with van der Waals surface area (Å²) in [6.45, 7) is 8.66. The van der Waals surface area contributed by atoms with Crippen molar-refractivity contribution in [2.45, 2.75) is 46.3 Å². The first kappa shape index (κ1) is 24.3. The van der Waals surface area contributed by atoms with E-state index in [0.717, 1.165) is 61.8 Å². The maximum atomic E-state index is 6.14. The Hall–Kier alpha value is -1.75. The maximum Gasteiger partial charge on any atom is 0.166 e. The first-order chi connectivity index (χ1) is 13.3. The normalized spacial score (nSPS) is 10.4. The van der Waals surface area contributed by atoms with Crippen LogP contribution < -0.4 is 14.8 Å². The Morgan fingerprint density at radius 3 is 2.39 bits per heavy atom. The Morgan fingerprint density at radius 1 is 0.857 bits per heavy atom. The number of hydrogen-bond donors (Lipinski definition) is 1. The number of ether oxygens (including phenoxy) is 3. The van der Waals surface area contributed by atoms with Gasteiger partial charge in [0.1, 0.15) is 6.61 Å². The Labute approximate surface area is 176 Å². The highest BCUT2D eigenvalue weighted by molar-refractivity contribution is 5.85. The average Bonchev–Trinajstić information content (AvgIpc) is 2.70. The molecule has 2 rings (SSSR count). The van der Waals surface area contributed by atoms with Crippen LogP contribution in [0.15, 0.2) is 48.5 Å². The fraction of sp³-hybridized carbons (Fsp3) is 0.478. The average molecular weight is 408 g/mol. The van der Waals surface area contributed by atoms with Gasteiger partial charge in [-0.1, -0.05) is 55.8 Å². The second kappa shape index (κ2) is 15.2. The number of halogens is 1. The molecule has 1 N–H and O–H groups in total. The number of nitrogens with one attached hydrogen (secondary N) is 1. The van der Waals surface area contributed by atoms with Gasteiger partial charge in [-0.3, -0.25) is 0 Å². The molecule has 4 nitrogen and oxygen atoms in total. The molecule has 0 atom stereocenters. The molecule has 0 aromatic heterocycles. The van der Waals surface area contributed by atoms with Crippen LogP contribution in [0.25, 0.3) is 0 Å². The van der Waals surface area contributed by atoms with E-state index < -0.39 is 0 Å². The largest absolute Gasteiger partial charge is 0.490 e. The lowest BCUT2D eigenvalue weighted by atomic mass is 10.1. The molecule has 0 saturated heterocycles. The van der Waals surface area contributed by atoms with E-state index in [1.54, 1.807) is 0 Å². The van der Waals surface area contributed by atoms with Crippen LogP contribution in [0.3, 0.4) is 0 Å². The highest BCUT2D eigenvalue weighted by Gasteiger charge is 2.11. The van der Waals surface area contributed by atoms with Crippen molar-refractivity contribution in [3.05, 3.63) is 59.7 Å². The zero-order valence-corrected chi connectivity index (χ0v) is 17.9. The highest BCUT2D eigenvalue weighted by Crippen LogP contribution is 2.32. The van der Waals surface area contributed by atoms with Crippen LogP contribution in [0.4, 0.5) is 0 Å².